The van der Waals surface area contributed by atoms with E-state index < -0.39 is 0 Å². The largest absolute Gasteiger partial charge is 0.220 e. The molecule has 7 heteroatoms. The lowest BCUT2D eigenvalue weighted by atomic mass is 10.2. The van der Waals surface area contributed by atoms with Crippen LogP contribution in [-0.4, -0.2) is 30.0 Å². The van der Waals surface area contributed by atoms with Gasteiger partial charge in [-0.25, -0.2) is 9.36 Å². The molecule has 0 amide bonds. The van der Waals surface area contributed by atoms with Gasteiger partial charge in [-0.15, -0.1) is 10.2 Å². The van der Waals surface area contributed by atoms with E-state index >= 15 is 0 Å². The van der Waals surface area contributed by atoms with Gasteiger partial charge in [-0.05, 0) is 49.6 Å². The van der Waals surface area contributed by atoms with Crippen molar-refractivity contribution in [3.8, 4) is 11.4 Å². The average molecular weight is 365 g/mol. The van der Waals surface area contributed by atoms with E-state index in [0.29, 0.717) is 5.02 Å². The van der Waals surface area contributed by atoms with Crippen molar-refractivity contribution in [3.05, 3.63) is 82.9 Å². The molecule has 0 aliphatic carbocycles. The number of rotatable bonds is 5. The number of halogens is 1. The second-order valence-corrected chi connectivity index (χ2v) is 6.49. The number of para-hydroxylation sites is 1. The van der Waals surface area contributed by atoms with Crippen LogP contribution in [0.3, 0.4) is 0 Å². The average Bonchev–Trinajstić information content (AvgIpc) is 3.30. The van der Waals surface area contributed by atoms with Crippen LogP contribution in [0.2, 0.25) is 5.02 Å². The summed E-state index contributed by atoms with van der Waals surface area (Å²) in [4.78, 5) is 0. The third-order valence-corrected chi connectivity index (χ3v) is 4.45. The van der Waals surface area contributed by atoms with E-state index in [4.69, 9.17) is 11.6 Å². The summed E-state index contributed by atoms with van der Waals surface area (Å²) in [5.74, 6) is 0. The summed E-state index contributed by atoms with van der Waals surface area (Å²) in [6.45, 7) is 2.06. The molecule has 0 spiro atoms. The molecule has 26 heavy (non-hydrogen) atoms. The minimum Gasteiger partial charge on any atom is -0.220 e. The van der Waals surface area contributed by atoms with Crippen LogP contribution in [-0.2, 0) is 12.8 Å². The monoisotopic (exact) mass is 364 g/mol. The number of nitrogens with zero attached hydrogens (tertiary/aromatic N) is 6. The molecule has 0 bridgehead atoms. The number of hydrogen-bond acceptors (Lipinski definition) is 4. The van der Waals surface area contributed by atoms with Crippen molar-refractivity contribution in [2.75, 3.05) is 0 Å². The van der Waals surface area contributed by atoms with Gasteiger partial charge in [0.05, 0.1) is 35.2 Å². The Morgan fingerprint density at radius 3 is 2.73 bits per heavy atom. The molecule has 0 aliphatic rings. The fraction of sp³-hybridized carbons (Fsp3) is 0.158. The normalized spacial score (nSPS) is 11.0. The molecule has 2 aromatic carbocycles. The van der Waals surface area contributed by atoms with E-state index in [1.165, 1.54) is 0 Å². The highest BCUT2D eigenvalue weighted by atomic mass is 35.5. The third-order valence-electron chi connectivity index (χ3n) is 4.21. The van der Waals surface area contributed by atoms with Gasteiger partial charge in [-0.1, -0.05) is 46.3 Å². The van der Waals surface area contributed by atoms with Gasteiger partial charge >= 0.3 is 0 Å². The lowest BCUT2D eigenvalue weighted by Gasteiger charge is -2.05. The van der Waals surface area contributed by atoms with Crippen molar-refractivity contribution < 1.29 is 0 Å². The molecule has 0 unspecified atom stereocenters. The highest BCUT2D eigenvalue weighted by Gasteiger charge is 2.10. The van der Waals surface area contributed by atoms with E-state index in [1.807, 2.05) is 53.3 Å². The highest BCUT2D eigenvalue weighted by Crippen LogP contribution is 2.17. The summed E-state index contributed by atoms with van der Waals surface area (Å²) in [7, 11) is 0. The van der Waals surface area contributed by atoms with Crippen molar-refractivity contribution in [1.29, 1.82) is 0 Å². The first-order chi connectivity index (χ1) is 12.7. The Labute approximate surface area is 156 Å². The second-order valence-electron chi connectivity index (χ2n) is 6.06. The Kier molecular flexibility index (Phi) is 4.50. The molecule has 0 atom stereocenters. The Morgan fingerprint density at radius 1 is 1.00 bits per heavy atom. The molecule has 0 radical (unpaired) electrons. The standard InChI is InChI=1S/C19H17ClN6/c1-14-5-2-3-8-19(14)25-13-16(22-24-25)9-10-18-12-21-23-26(18)17-7-4-6-15(20)11-17/h2-8,11-13H,9-10H2,1H3. The number of benzene rings is 2. The molecule has 130 valence electrons. The molecule has 0 fully saturated rings. The van der Waals surface area contributed by atoms with Crippen LogP contribution in [0.4, 0.5) is 0 Å². The van der Waals surface area contributed by atoms with Crippen LogP contribution in [0.5, 0.6) is 0 Å². The van der Waals surface area contributed by atoms with Crippen LogP contribution in [0, 0.1) is 6.92 Å². The maximum atomic E-state index is 6.08. The molecule has 0 saturated carbocycles. The van der Waals surface area contributed by atoms with E-state index in [0.717, 1.165) is 41.2 Å². The molecule has 0 aliphatic heterocycles. The number of aromatic nitrogens is 6. The topological polar surface area (TPSA) is 61.4 Å². The smallest absolute Gasteiger partial charge is 0.0835 e. The quantitative estimate of drug-likeness (QED) is 0.543. The Hall–Kier alpha value is -2.99. The zero-order chi connectivity index (χ0) is 17.9. The molecule has 0 saturated heterocycles. The minimum atomic E-state index is 0.671. The fourth-order valence-electron chi connectivity index (χ4n) is 2.86. The Morgan fingerprint density at radius 2 is 1.88 bits per heavy atom. The van der Waals surface area contributed by atoms with Crippen molar-refractivity contribution in [1.82, 2.24) is 30.0 Å². The van der Waals surface area contributed by atoms with E-state index in [1.54, 1.807) is 10.9 Å². The van der Waals surface area contributed by atoms with Gasteiger partial charge in [-0.2, -0.15) is 0 Å². The first-order valence-corrected chi connectivity index (χ1v) is 8.71. The van der Waals surface area contributed by atoms with Gasteiger partial charge in [0.1, 0.15) is 0 Å². The molecular weight excluding hydrogens is 348 g/mol. The summed E-state index contributed by atoms with van der Waals surface area (Å²) in [6, 6.07) is 15.7. The lowest BCUT2D eigenvalue weighted by molar-refractivity contribution is 0.744. The zero-order valence-electron chi connectivity index (χ0n) is 14.2. The summed E-state index contributed by atoms with van der Waals surface area (Å²) in [6.07, 6.45) is 5.24. The van der Waals surface area contributed by atoms with Crippen molar-refractivity contribution in [3.63, 3.8) is 0 Å². The predicted octanol–water partition coefficient (Wildman–Crippen LogP) is 3.60. The minimum absolute atomic E-state index is 0.671. The molecule has 2 heterocycles. The van der Waals surface area contributed by atoms with E-state index in [9.17, 15) is 0 Å². The van der Waals surface area contributed by atoms with Crippen LogP contribution < -0.4 is 0 Å². The van der Waals surface area contributed by atoms with Gasteiger partial charge in [-0.3, -0.25) is 0 Å². The van der Waals surface area contributed by atoms with Crippen LogP contribution in [0.1, 0.15) is 17.0 Å². The molecule has 4 rings (SSSR count). The van der Waals surface area contributed by atoms with Gasteiger partial charge in [0.15, 0.2) is 0 Å². The van der Waals surface area contributed by atoms with Gasteiger partial charge < -0.3 is 0 Å². The van der Waals surface area contributed by atoms with E-state index in [2.05, 4.69) is 33.6 Å². The summed E-state index contributed by atoms with van der Waals surface area (Å²) in [5, 5.41) is 17.4. The van der Waals surface area contributed by atoms with Crippen molar-refractivity contribution in [2.45, 2.75) is 19.8 Å². The van der Waals surface area contributed by atoms with Crippen LogP contribution >= 0.6 is 11.6 Å². The molecule has 0 N–H and O–H groups in total. The molecule has 6 nitrogen and oxygen atoms in total. The second kappa shape index (κ2) is 7.09. The Bertz CT molecular complexity index is 1040. The highest BCUT2D eigenvalue weighted by molar-refractivity contribution is 6.30. The van der Waals surface area contributed by atoms with Gasteiger partial charge in [0.25, 0.3) is 0 Å². The summed E-state index contributed by atoms with van der Waals surface area (Å²) in [5.41, 5.74) is 5.02. The van der Waals surface area contributed by atoms with Crippen LogP contribution in [0.25, 0.3) is 11.4 Å². The first kappa shape index (κ1) is 16.5. The maximum absolute atomic E-state index is 6.08. The van der Waals surface area contributed by atoms with Gasteiger partial charge in [0.2, 0.25) is 0 Å². The molecule has 2 aromatic heterocycles. The summed E-state index contributed by atoms with van der Waals surface area (Å²) < 4.78 is 3.62. The van der Waals surface area contributed by atoms with E-state index in [-0.39, 0.29) is 0 Å². The number of hydrogen-bond donors (Lipinski definition) is 0. The molecular formula is C19H17ClN6. The van der Waals surface area contributed by atoms with Crippen molar-refractivity contribution in [2.24, 2.45) is 0 Å². The molecule has 4 aromatic rings. The first-order valence-electron chi connectivity index (χ1n) is 8.33. The predicted molar refractivity (Wildman–Crippen MR) is 99.9 cm³/mol. The SMILES string of the molecule is Cc1ccccc1-n1cc(CCc2cnnn2-c2cccc(Cl)c2)nn1. The fourth-order valence-corrected chi connectivity index (χ4v) is 3.04. The zero-order valence-corrected chi connectivity index (χ0v) is 15.0. The van der Waals surface area contributed by atoms with Crippen LogP contribution in [0.15, 0.2) is 60.9 Å². The summed E-state index contributed by atoms with van der Waals surface area (Å²) >= 11 is 6.08. The maximum Gasteiger partial charge on any atom is 0.0835 e. The lowest BCUT2D eigenvalue weighted by Crippen LogP contribution is -2.04. The van der Waals surface area contributed by atoms with Gasteiger partial charge in [0, 0.05) is 5.02 Å². The number of aryl methyl sites for hydroxylation is 3. The van der Waals surface area contributed by atoms with Crippen molar-refractivity contribution >= 4 is 11.6 Å². The third kappa shape index (κ3) is 3.36. The Balaban J connectivity index is 1.51.